The van der Waals surface area contributed by atoms with Gasteiger partial charge in [0.1, 0.15) is 6.61 Å². The fourth-order valence-electron chi connectivity index (χ4n) is 4.07. The minimum atomic E-state index is -0.613. The molecule has 186 valence electrons. The number of rotatable bonds is 11. The van der Waals surface area contributed by atoms with E-state index >= 15 is 0 Å². The molecule has 7 heteroatoms. The van der Waals surface area contributed by atoms with Crippen molar-refractivity contribution in [2.24, 2.45) is 10.7 Å². The molecule has 0 aliphatic carbocycles. The number of nitrogens with two attached hydrogens (primary N) is 1. The molecule has 1 atom stereocenters. The van der Waals surface area contributed by atoms with Crippen LogP contribution in [0.25, 0.3) is 10.8 Å². The van der Waals surface area contributed by atoms with Crippen LogP contribution < -0.4 is 15.8 Å². The smallest absolute Gasteiger partial charge is 0.261 e. The average molecular weight is 479 g/mol. The van der Waals surface area contributed by atoms with Crippen LogP contribution in [0.2, 0.25) is 0 Å². The van der Waals surface area contributed by atoms with E-state index in [9.17, 15) is 9.18 Å². The van der Waals surface area contributed by atoms with Crippen molar-refractivity contribution in [3.63, 3.8) is 0 Å². The number of fused-ring (bicyclic) bond motifs is 1. The molecule has 0 spiro atoms. The number of amides is 1. The highest BCUT2D eigenvalue weighted by atomic mass is 19.1. The van der Waals surface area contributed by atoms with E-state index in [4.69, 9.17) is 10.5 Å². The molecular weight excluding hydrogens is 443 g/mol. The second-order valence-corrected chi connectivity index (χ2v) is 8.53. The van der Waals surface area contributed by atoms with Gasteiger partial charge in [-0.05, 0) is 67.9 Å². The summed E-state index contributed by atoms with van der Waals surface area (Å²) in [5.41, 5.74) is 6.95. The maximum Gasteiger partial charge on any atom is 0.261 e. The molecule has 3 N–H and O–H groups in total. The van der Waals surface area contributed by atoms with Crippen molar-refractivity contribution in [1.29, 1.82) is 0 Å². The van der Waals surface area contributed by atoms with E-state index in [0.29, 0.717) is 0 Å². The zero-order chi connectivity index (χ0) is 25.2. The van der Waals surface area contributed by atoms with Gasteiger partial charge in [0.25, 0.3) is 5.91 Å². The molecule has 1 unspecified atom stereocenters. The summed E-state index contributed by atoms with van der Waals surface area (Å²) >= 11 is 0. The lowest BCUT2D eigenvalue weighted by Crippen LogP contribution is -2.38. The fraction of sp³-hybridized carbons (Fsp3) is 0.357. The lowest BCUT2D eigenvalue weighted by atomic mass is 10.1. The topological polar surface area (TPSA) is 80.0 Å². The number of nitrogens with one attached hydrogen (secondary N) is 1. The van der Waals surface area contributed by atoms with Crippen LogP contribution in [-0.4, -0.2) is 42.4 Å². The molecule has 0 aliphatic heterocycles. The van der Waals surface area contributed by atoms with Crippen LogP contribution in [0.4, 0.5) is 4.39 Å². The predicted octanol–water partition coefficient (Wildman–Crippen LogP) is 5.11. The zero-order valence-corrected chi connectivity index (χ0v) is 20.8. The molecule has 0 aromatic heterocycles. The van der Waals surface area contributed by atoms with Gasteiger partial charge in [0.2, 0.25) is 0 Å². The van der Waals surface area contributed by atoms with E-state index in [1.54, 1.807) is 0 Å². The van der Waals surface area contributed by atoms with Crippen molar-refractivity contribution in [2.75, 3.05) is 19.6 Å². The molecule has 3 rings (SSSR count). The Bertz CT molecular complexity index is 1160. The first-order valence-electron chi connectivity index (χ1n) is 12.2. The van der Waals surface area contributed by atoms with Crippen LogP contribution in [0.5, 0.6) is 5.75 Å². The van der Waals surface area contributed by atoms with Crippen LogP contribution >= 0.6 is 0 Å². The number of halogens is 1. The van der Waals surface area contributed by atoms with E-state index < -0.39 is 11.7 Å². The van der Waals surface area contributed by atoms with Crippen LogP contribution in [0, 0.1) is 5.82 Å². The van der Waals surface area contributed by atoms with E-state index in [0.717, 1.165) is 48.8 Å². The number of carbonyl (C=O) groups is 1. The number of nitrogens with zero attached hydrogens (tertiary/aromatic N) is 2. The van der Waals surface area contributed by atoms with E-state index in [1.807, 2.05) is 49.4 Å². The Kier molecular flexibility index (Phi) is 9.61. The van der Waals surface area contributed by atoms with E-state index in [-0.39, 0.29) is 29.9 Å². The number of ether oxygens (including phenoxy) is 1. The Morgan fingerprint density at radius 2 is 1.80 bits per heavy atom. The minimum absolute atomic E-state index is 0.00889. The van der Waals surface area contributed by atoms with Crippen LogP contribution in [-0.2, 0) is 6.61 Å². The molecule has 0 aliphatic rings. The van der Waals surface area contributed by atoms with Gasteiger partial charge in [0, 0.05) is 0 Å². The zero-order valence-electron chi connectivity index (χ0n) is 20.8. The molecule has 0 fully saturated rings. The summed E-state index contributed by atoms with van der Waals surface area (Å²) in [6, 6.07) is 18.0. The summed E-state index contributed by atoms with van der Waals surface area (Å²) in [6.45, 7) is 9.41. The van der Waals surface area contributed by atoms with Gasteiger partial charge in [-0.2, -0.15) is 0 Å². The molecule has 0 bridgehead atoms. The second kappa shape index (κ2) is 12.9. The SMILES string of the molecule is CCN(CC)CCCC(C)N=C(N)NC(=O)c1cccc(F)c1OCc1cccc2ccccc12. The molecule has 3 aromatic rings. The summed E-state index contributed by atoms with van der Waals surface area (Å²) in [7, 11) is 0. The monoisotopic (exact) mass is 478 g/mol. The van der Waals surface area contributed by atoms with Crippen molar-refractivity contribution in [3.8, 4) is 5.75 Å². The van der Waals surface area contributed by atoms with Crippen LogP contribution in [0.1, 0.15) is 49.5 Å². The molecule has 35 heavy (non-hydrogen) atoms. The maximum absolute atomic E-state index is 14.7. The Balaban J connectivity index is 1.66. The molecule has 3 aromatic carbocycles. The van der Waals surface area contributed by atoms with Crippen LogP contribution in [0.3, 0.4) is 0 Å². The third kappa shape index (κ3) is 7.26. The number of carbonyl (C=O) groups excluding carboxylic acids is 1. The Hall–Kier alpha value is -3.45. The standard InChI is InChI=1S/C28H35FN4O2/c1-4-33(5-2)18-10-11-20(3)31-28(30)32-27(34)24-16-9-17-25(29)26(24)35-19-22-14-8-13-21-12-6-7-15-23(21)22/h6-9,12-17,20H,4-5,10-11,18-19H2,1-3H3,(H3,30,31,32,34). The van der Waals surface area contributed by atoms with Gasteiger partial charge in [-0.3, -0.25) is 15.1 Å². The molecule has 0 radical (unpaired) electrons. The highest BCUT2D eigenvalue weighted by molar-refractivity contribution is 6.06. The first kappa shape index (κ1) is 26.2. The summed E-state index contributed by atoms with van der Waals surface area (Å²) < 4.78 is 20.5. The van der Waals surface area contributed by atoms with Gasteiger partial charge in [-0.25, -0.2) is 4.39 Å². The summed E-state index contributed by atoms with van der Waals surface area (Å²) in [4.78, 5) is 19.6. The highest BCUT2D eigenvalue weighted by Crippen LogP contribution is 2.26. The van der Waals surface area contributed by atoms with E-state index in [2.05, 4.69) is 29.1 Å². The number of hydrogen-bond donors (Lipinski definition) is 2. The summed E-state index contributed by atoms with van der Waals surface area (Å²) in [5.74, 6) is -1.28. The van der Waals surface area contributed by atoms with Crippen molar-refractivity contribution in [1.82, 2.24) is 10.2 Å². The van der Waals surface area contributed by atoms with Gasteiger partial charge in [0.05, 0.1) is 11.6 Å². The minimum Gasteiger partial charge on any atom is -0.485 e. The number of guanidine groups is 1. The van der Waals surface area contributed by atoms with Crippen molar-refractivity contribution >= 4 is 22.6 Å². The lowest BCUT2D eigenvalue weighted by molar-refractivity contribution is 0.0971. The maximum atomic E-state index is 14.7. The third-order valence-corrected chi connectivity index (χ3v) is 6.06. The first-order valence-corrected chi connectivity index (χ1v) is 12.2. The van der Waals surface area contributed by atoms with Crippen molar-refractivity contribution in [2.45, 2.75) is 46.3 Å². The van der Waals surface area contributed by atoms with Gasteiger partial charge in [0.15, 0.2) is 17.5 Å². The largest absolute Gasteiger partial charge is 0.485 e. The average Bonchev–Trinajstić information content (AvgIpc) is 2.85. The Labute approximate surface area is 207 Å². The third-order valence-electron chi connectivity index (χ3n) is 6.06. The molecular formula is C28H35FN4O2. The lowest BCUT2D eigenvalue weighted by Gasteiger charge is -2.18. The summed E-state index contributed by atoms with van der Waals surface area (Å²) in [5, 5.41) is 4.66. The van der Waals surface area contributed by atoms with Gasteiger partial charge in [-0.15, -0.1) is 0 Å². The van der Waals surface area contributed by atoms with Crippen molar-refractivity contribution < 1.29 is 13.9 Å². The fourth-order valence-corrected chi connectivity index (χ4v) is 4.07. The van der Waals surface area contributed by atoms with Gasteiger partial charge < -0.3 is 15.4 Å². The molecule has 6 nitrogen and oxygen atoms in total. The number of benzene rings is 3. The predicted molar refractivity (Wildman–Crippen MR) is 140 cm³/mol. The summed E-state index contributed by atoms with van der Waals surface area (Å²) in [6.07, 6.45) is 1.84. The quantitative estimate of drug-likeness (QED) is 0.296. The first-order chi connectivity index (χ1) is 16.9. The number of hydrogen-bond acceptors (Lipinski definition) is 4. The van der Waals surface area contributed by atoms with E-state index in [1.165, 1.54) is 18.2 Å². The Morgan fingerprint density at radius 1 is 1.09 bits per heavy atom. The normalized spacial score (nSPS) is 12.7. The molecule has 0 heterocycles. The van der Waals surface area contributed by atoms with Crippen molar-refractivity contribution in [3.05, 3.63) is 77.6 Å². The molecule has 0 saturated heterocycles. The number of aliphatic imine (C=N–C) groups is 1. The van der Waals surface area contributed by atoms with Gasteiger partial charge >= 0.3 is 0 Å². The Morgan fingerprint density at radius 3 is 2.57 bits per heavy atom. The second-order valence-electron chi connectivity index (χ2n) is 8.53. The van der Waals surface area contributed by atoms with Crippen LogP contribution in [0.15, 0.2) is 65.7 Å². The molecule has 0 saturated carbocycles. The highest BCUT2D eigenvalue weighted by Gasteiger charge is 2.18. The molecule has 1 amide bonds. The number of para-hydroxylation sites is 1. The van der Waals surface area contributed by atoms with Gasteiger partial charge in [-0.1, -0.05) is 62.4 Å².